The third-order valence-corrected chi connectivity index (χ3v) is 6.39. The van der Waals surface area contributed by atoms with Gasteiger partial charge in [-0.15, -0.1) is 0 Å². The minimum atomic E-state index is -0.0257. The van der Waals surface area contributed by atoms with Crippen LogP contribution in [0, 0.1) is 0 Å². The zero-order chi connectivity index (χ0) is 20.9. The number of rotatable bonds is 5. The molecule has 1 N–H and O–H groups in total. The van der Waals surface area contributed by atoms with E-state index in [2.05, 4.69) is 71.2 Å². The SMILES string of the molecule is CN=C(NCC(C)(C)c1ccccc1)N1CCN(C(C)C(=O)N2CCCC2)CC1. The Morgan fingerprint density at radius 2 is 1.66 bits per heavy atom. The Balaban J connectivity index is 1.50. The van der Waals surface area contributed by atoms with Gasteiger partial charge in [-0.3, -0.25) is 14.7 Å². The molecule has 0 aromatic heterocycles. The number of benzene rings is 1. The topological polar surface area (TPSA) is 51.2 Å². The first-order valence-electron chi connectivity index (χ1n) is 11.0. The first kappa shape index (κ1) is 21.6. The maximum atomic E-state index is 12.7. The monoisotopic (exact) mass is 399 g/mol. The van der Waals surface area contributed by atoms with Crippen LogP contribution in [0.5, 0.6) is 0 Å². The fourth-order valence-corrected chi connectivity index (χ4v) is 4.30. The number of nitrogens with one attached hydrogen (secondary N) is 1. The smallest absolute Gasteiger partial charge is 0.239 e. The number of guanidine groups is 1. The van der Waals surface area contributed by atoms with Crippen LogP contribution in [0.25, 0.3) is 0 Å². The molecule has 0 aliphatic carbocycles. The maximum Gasteiger partial charge on any atom is 0.239 e. The molecule has 0 radical (unpaired) electrons. The van der Waals surface area contributed by atoms with Crippen molar-refractivity contribution in [1.82, 2.24) is 20.0 Å². The Hall–Kier alpha value is -2.08. The van der Waals surface area contributed by atoms with Gasteiger partial charge in [-0.05, 0) is 25.3 Å². The number of hydrogen-bond donors (Lipinski definition) is 1. The summed E-state index contributed by atoms with van der Waals surface area (Å²) in [7, 11) is 1.85. The number of aliphatic imine (C=N–C) groups is 1. The van der Waals surface area contributed by atoms with Crippen LogP contribution in [0.1, 0.15) is 39.2 Å². The molecule has 2 fully saturated rings. The molecular weight excluding hydrogens is 362 g/mol. The van der Waals surface area contributed by atoms with Gasteiger partial charge in [0.25, 0.3) is 0 Å². The van der Waals surface area contributed by atoms with Crippen LogP contribution in [0.4, 0.5) is 0 Å². The van der Waals surface area contributed by atoms with E-state index in [0.29, 0.717) is 5.91 Å². The molecule has 1 atom stereocenters. The van der Waals surface area contributed by atoms with Crippen molar-refractivity contribution in [2.75, 3.05) is 52.9 Å². The fraction of sp³-hybridized carbons (Fsp3) is 0.652. The standard InChI is InChI=1S/C23H37N5O/c1-19(21(29)27-12-8-9-13-27)26-14-16-28(17-15-26)22(24-4)25-18-23(2,3)20-10-6-5-7-11-20/h5-7,10-11,19H,8-9,12-18H2,1-4H3,(H,24,25). The van der Waals surface area contributed by atoms with Crippen molar-refractivity contribution >= 4 is 11.9 Å². The molecule has 0 saturated carbocycles. The number of nitrogens with zero attached hydrogens (tertiary/aromatic N) is 4. The van der Waals surface area contributed by atoms with Crippen molar-refractivity contribution in [3.05, 3.63) is 35.9 Å². The Labute approximate surface area is 176 Å². The Morgan fingerprint density at radius 1 is 1.03 bits per heavy atom. The third kappa shape index (κ3) is 5.30. The highest BCUT2D eigenvalue weighted by atomic mass is 16.2. The molecule has 2 aliphatic rings. The average Bonchev–Trinajstić information content (AvgIpc) is 3.29. The molecule has 1 aromatic carbocycles. The molecule has 2 heterocycles. The number of likely N-dealkylation sites (tertiary alicyclic amines) is 1. The number of hydrogen-bond acceptors (Lipinski definition) is 3. The van der Waals surface area contributed by atoms with Crippen molar-refractivity contribution in [2.45, 2.75) is 45.1 Å². The zero-order valence-corrected chi connectivity index (χ0v) is 18.5. The van der Waals surface area contributed by atoms with E-state index in [1.54, 1.807) is 0 Å². The predicted molar refractivity (Wildman–Crippen MR) is 119 cm³/mol. The zero-order valence-electron chi connectivity index (χ0n) is 18.5. The summed E-state index contributed by atoms with van der Waals surface area (Å²) in [4.78, 5) is 23.9. The van der Waals surface area contributed by atoms with Gasteiger partial charge in [0.05, 0.1) is 6.04 Å². The predicted octanol–water partition coefficient (Wildman–Crippen LogP) is 2.17. The molecule has 1 unspecified atom stereocenters. The maximum absolute atomic E-state index is 12.7. The molecule has 0 bridgehead atoms. The van der Waals surface area contributed by atoms with Crippen molar-refractivity contribution in [3.63, 3.8) is 0 Å². The lowest BCUT2D eigenvalue weighted by Gasteiger charge is -2.40. The van der Waals surface area contributed by atoms with Crippen LogP contribution < -0.4 is 5.32 Å². The van der Waals surface area contributed by atoms with E-state index >= 15 is 0 Å². The van der Waals surface area contributed by atoms with Gasteiger partial charge in [0.2, 0.25) is 5.91 Å². The molecule has 6 nitrogen and oxygen atoms in total. The van der Waals surface area contributed by atoms with Gasteiger partial charge in [0.15, 0.2) is 5.96 Å². The molecule has 2 aliphatic heterocycles. The van der Waals surface area contributed by atoms with Gasteiger partial charge < -0.3 is 15.1 Å². The van der Waals surface area contributed by atoms with E-state index in [1.807, 2.05) is 11.9 Å². The summed E-state index contributed by atoms with van der Waals surface area (Å²) in [6, 6.07) is 10.6. The molecule has 3 rings (SSSR count). The Bertz CT molecular complexity index is 688. The van der Waals surface area contributed by atoms with Crippen molar-refractivity contribution in [1.29, 1.82) is 0 Å². The minimum Gasteiger partial charge on any atom is -0.355 e. The number of carbonyl (C=O) groups excluding carboxylic acids is 1. The number of piperazine rings is 1. The van der Waals surface area contributed by atoms with Crippen molar-refractivity contribution < 1.29 is 4.79 Å². The summed E-state index contributed by atoms with van der Waals surface area (Å²) in [5.74, 6) is 1.25. The van der Waals surface area contributed by atoms with Gasteiger partial charge >= 0.3 is 0 Å². The summed E-state index contributed by atoms with van der Waals surface area (Å²) in [5, 5.41) is 3.57. The van der Waals surface area contributed by atoms with Gasteiger partial charge in [-0.1, -0.05) is 44.2 Å². The molecule has 1 amide bonds. The molecule has 2 saturated heterocycles. The lowest BCUT2D eigenvalue weighted by molar-refractivity contribution is -0.135. The van der Waals surface area contributed by atoms with Crippen LogP contribution in [0.3, 0.4) is 0 Å². The number of amides is 1. The van der Waals surface area contributed by atoms with Crippen molar-refractivity contribution in [2.24, 2.45) is 4.99 Å². The first-order valence-corrected chi connectivity index (χ1v) is 11.0. The quantitative estimate of drug-likeness (QED) is 0.609. The minimum absolute atomic E-state index is 0.0235. The van der Waals surface area contributed by atoms with Crippen LogP contribution in [0.2, 0.25) is 0 Å². The molecule has 1 aromatic rings. The van der Waals surface area contributed by atoms with Gasteiger partial charge in [-0.2, -0.15) is 0 Å². The second-order valence-corrected chi connectivity index (χ2v) is 8.88. The van der Waals surface area contributed by atoms with Crippen LogP contribution in [-0.4, -0.2) is 85.5 Å². The van der Waals surface area contributed by atoms with E-state index in [-0.39, 0.29) is 11.5 Å². The summed E-state index contributed by atoms with van der Waals surface area (Å²) in [6.07, 6.45) is 2.29. The molecule has 160 valence electrons. The summed E-state index contributed by atoms with van der Waals surface area (Å²) in [5.41, 5.74) is 1.34. The van der Waals surface area contributed by atoms with Crippen LogP contribution >= 0.6 is 0 Å². The van der Waals surface area contributed by atoms with Crippen LogP contribution in [-0.2, 0) is 10.2 Å². The summed E-state index contributed by atoms with van der Waals surface area (Å²) < 4.78 is 0. The number of carbonyl (C=O) groups is 1. The van der Waals surface area contributed by atoms with Crippen LogP contribution in [0.15, 0.2) is 35.3 Å². The largest absolute Gasteiger partial charge is 0.355 e. The van der Waals surface area contributed by atoms with E-state index in [9.17, 15) is 4.79 Å². The normalized spacial score (nSPS) is 20.1. The van der Waals surface area contributed by atoms with E-state index in [4.69, 9.17) is 0 Å². The molecule has 6 heteroatoms. The lowest BCUT2D eigenvalue weighted by atomic mass is 9.85. The molecular formula is C23H37N5O. The van der Waals surface area contributed by atoms with Crippen molar-refractivity contribution in [3.8, 4) is 0 Å². The lowest BCUT2D eigenvalue weighted by Crippen LogP contribution is -2.57. The third-order valence-electron chi connectivity index (χ3n) is 6.39. The molecule has 0 spiro atoms. The van der Waals surface area contributed by atoms with Gasteiger partial charge in [0, 0.05) is 58.3 Å². The van der Waals surface area contributed by atoms with Gasteiger partial charge in [0.1, 0.15) is 0 Å². The average molecular weight is 400 g/mol. The van der Waals surface area contributed by atoms with E-state index < -0.39 is 0 Å². The Kier molecular flexibility index (Phi) is 7.17. The summed E-state index contributed by atoms with van der Waals surface area (Å²) in [6.45, 7) is 12.8. The second kappa shape index (κ2) is 9.61. The Morgan fingerprint density at radius 3 is 2.24 bits per heavy atom. The highest BCUT2D eigenvalue weighted by molar-refractivity contribution is 5.82. The second-order valence-electron chi connectivity index (χ2n) is 8.88. The summed E-state index contributed by atoms with van der Waals surface area (Å²) >= 11 is 0. The van der Waals surface area contributed by atoms with Gasteiger partial charge in [-0.25, -0.2) is 0 Å². The van der Waals surface area contributed by atoms with E-state index in [1.165, 1.54) is 5.56 Å². The highest BCUT2D eigenvalue weighted by Crippen LogP contribution is 2.22. The first-order chi connectivity index (χ1) is 13.9. The van der Waals surface area contributed by atoms with E-state index in [0.717, 1.165) is 64.6 Å². The molecule has 29 heavy (non-hydrogen) atoms. The highest BCUT2D eigenvalue weighted by Gasteiger charge is 2.31. The fourth-order valence-electron chi connectivity index (χ4n) is 4.30.